The maximum absolute atomic E-state index is 14.6. The summed E-state index contributed by atoms with van der Waals surface area (Å²) in [6.07, 6.45) is 0. The van der Waals surface area contributed by atoms with Crippen LogP contribution in [-0.4, -0.2) is 22.7 Å². The molecular formula is C24H20BF2NO2. The number of aromatic nitrogens is 1. The van der Waals surface area contributed by atoms with Gasteiger partial charge in [0, 0.05) is 21.5 Å². The van der Waals surface area contributed by atoms with Crippen LogP contribution in [0.4, 0.5) is 8.78 Å². The number of benzene rings is 3. The van der Waals surface area contributed by atoms with Crippen molar-refractivity contribution in [1.29, 1.82) is 0 Å². The van der Waals surface area contributed by atoms with E-state index in [9.17, 15) is 8.78 Å². The quantitative estimate of drug-likeness (QED) is 0.349. The molecule has 1 saturated heterocycles. The highest BCUT2D eigenvalue weighted by Crippen LogP contribution is 2.40. The lowest BCUT2D eigenvalue weighted by molar-refractivity contribution is 0.00578. The molecule has 5 aromatic rings. The van der Waals surface area contributed by atoms with Crippen LogP contribution in [0.5, 0.6) is 0 Å². The van der Waals surface area contributed by atoms with E-state index in [0.717, 1.165) is 32.8 Å². The van der Waals surface area contributed by atoms with Gasteiger partial charge in [-0.25, -0.2) is 8.78 Å². The summed E-state index contributed by atoms with van der Waals surface area (Å²) >= 11 is 0. The van der Waals surface area contributed by atoms with Crippen molar-refractivity contribution < 1.29 is 18.1 Å². The van der Waals surface area contributed by atoms with Crippen molar-refractivity contribution >= 4 is 50.7 Å². The number of fused-ring (bicyclic) bond motifs is 6. The maximum atomic E-state index is 14.6. The lowest BCUT2D eigenvalue weighted by Crippen LogP contribution is -2.41. The molecule has 0 spiro atoms. The van der Waals surface area contributed by atoms with Crippen LogP contribution in [-0.2, 0) is 9.31 Å². The Morgan fingerprint density at radius 1 is 0.700 bits per heavy atom. The summed E-state index contributed by atoms with van der Waals surface area (Å²) in [7, 11) is -0.491. The molecule has 6 rings (SSSR count). The van der Waals surface area contributed by atoms with Gasteiger partial charge in [-0.15, -0.1) is 0 Å². The minimum absolute atomic E-state index is 0.329. The second-order valence-corrected chi connectivity index (χ2v) is 9.21. The Bertz CT molecular complexity index is 1470. The van der Waals surface area contributed by atoms with Gasteiger partial charge < -0.3 is 13.7 Å². The average molecular weight is 403 g/mol. The Morgan fingerprint density at radius 2 is 1.23 bits per heavy atom. The minimum atomic E-state index is -0.491. The number of halogens is 2. The summed E-state index contributed by atoms with van der Waals surface area (Å²) < 4.78 is 43.0. The van der Waals surface area contributed by atoms with E-state index in [1.165, 1.54) is 18.2 Å². The lowest BCUT2D eigenvalue weighted by atomic mass is 9.78. The normalized spacial score (nSPS) is 18.5. The molecule has 0 unspecified atom stereocenters. The molecule has 0 bridgehead atoms. The van der Waals surface area contributed by atoms with Crippen LogP contribution in [0.3, 0.4) is 0 Å². The van der Waals surface area contributed by atoms with Gasteiger partial charge in [-0.1, -0.05) is 12.1 Å². The fourth-order valence-electron chi connectivity index (χ4n) is 4.63. The Balaban J connectivity index is 1.66. The van der Waals surface area contributed by atoms with Crippen molar-refractivity contribution in [3.05, 3.63) is 60.2 Å². The van der Waals surface area contributed by atoms with Crippen LogP contribution in [0.2, 0.25) is 0 Å². The first-order chi connectivity index (χ1) is 14.2. The van der Waals surface area contributed by atoms with E-state index in [0.29, 0.717) is 10.8 Å². The van der Waals surface area contributed by atoms with Gasteiger partial charge in [0.1, 0.15) is 11.6 Å². The third-order valence-corrected chi connectivity index (χ3v) is 6.87. The van der Waals surface area contributed by atoms with Crippen molar-refractivity contribution in [2.45, 2.75) is 38.9 Å². The highest BCUT2D eigenvalue weighted by Gasteiger charge is 2.51. The summed E-state index contributed by atoms with van der Waals surface area (Å²) in [5.41, 5.74) is 2.73. The molecule has 150 valence electrons. The zero-order valence-electron chi connectivity index (χ0n) is 17.2. The molecule has 3 heterocycles. The van der Waals surface area contributed by atoms with Crippen LogP contribution in [0.1, 0.15) is 27.7 Å². The molecule has 1 aliphatic rings. The zero-order chi connectivity index (χ0) is 21.0. The summed E-state index contributed by atoms with van der Waals surface area (Å²) in [5.74, 6) is -0.668. The zero-order valence-corrected chi connectivity index (χ0v) is 17.2. The third-order valence-electron chi connectivity index (χ3n) is 6.87. The van der Waals surface area contributed by atoms with E-state index < -0.39 is 18.3 Å². The smallest absolute Gasteiger partial charge is 0.399 e. The maximum Gasteiger partial charge on any atom is 0.494 e. The summed E-state index contributed by atoms with van der Waals surface area (Å²) in [6, 6.07) is 13.7. The highest BCUT2D eigenvalue weighted by molar-refractivity contribution is 6.62. The predicted molar refractivity (Wildman–Crippen MR) is 117 cm³/mol. The Labute approximate surface area is 172 Å². The van der Waals surface area contributed by atoms with Crippen LogP contribution in [0.25, 0.3) is 38.1 Å². The molecule has 0 atom stereocenters. The van der Waals surface area contributed by atoms with E-state index in [4.69, 9.17) is 9.31 Å². The van der Waals surface area contributed by atoms with Crippen molar-refractivity contribution in [3.8, 4) is 0 Å². The van der Waals surface area contributed by atoms with E-state index in [1.807, 2.05) is 45.9 Å². The molecule has 0 radical (unpaired) electrons. The first-order valence-corrected chi connectivity index (χ1v) is 10.1. The average Bonchev–Trinajstić information content (AvgIpc) is 3.24. The predicted octanol–water partition coefficient (Wildman–Crippen LogP) is 5.41. The van der Waals surface area contributed by atoms with Gasteiger partial charge in [0.05, 0.1) is 27.8 Å². The molecule has 0 aliphatic carbocycles. The van der Waals surface area contributed by atoms with Gasteiger partial charge in [-0.2, -0.15) is 0 Å². The summed E-state index contributed by atoms with van der Waals surface area (Å²) in [6.45, 7) is 8.09. The second-order valence-electron chi connectivity index (χ2n) is 9.21. The first kappa shape index (κ1) is 18.1. The minimum Gasteiger partial charge on any atom is -0.399 e. The first-order valence-electron chi connectivity index (χ1n) is 10.1. The molecule has 1 aliphatic heterocycles. The van der Waals surface area contributed by atoms with E-state index in [1.54, 1.807) is 12.1 Å². The Morgan fingerprint density at radius 3 is 1.87 bits per heavy atom. The second kappa shape index (κ2) is 5.51. The number of rotatable bonds is 1. The van der Waals surface area contributed by atoms with Crippen LogP contribution >= 0.6 is 0 Å². The van der Waals surface area contributed by atoms with Crippen LogP contribution in [0, 0.1) is 11.6 Å². The molecular weight excluding hydrogens is 383 g/mol. The fraction of sp³-hybridized carbons (Fsp3) is 0.250. The molecule has 0 N–H and O–H groups in total. The molecule has 3 nitrogen and oxygen atoms in total. The molecule has 6 heteroatoms. The van der Waals surface area contributed by atoms with Crippen LogP contribution in [0.15, 0.2) is 48.5 Å². The largest absolute Gasteiger partial charge is 0.494 e. The van der Waals surface area contributed by atoms with E-state index in [-0.39, 0.29) is 11.6 Å². The SMILES string of the molecule is CC1(C)OB(c2ccc3c(c2)c2cc(F)cc4c5cc(F)ccc5n3c42)OC1(C)C. The summed E-state index contributed by atoms with van der Waals surface area (Å²) in [5, 5.41) is 3.15. The van der Waals surface area contributed by atoms with Crippen molar-refractivity contribution in [2.24, 2.45) is 0 Å². The van der Waals surface area contributed by atoms with E-state index in [2.05, 4.69) is 4.40 Å². The topological polar surface area (TPSA) is 22.9 Å². The Hall–Kier alpha value is -2.70. The fourth-order valence-corrected chi connectivity index (χ4v) is 4.63. The van der Waals surface area contributed by atoms with Gasteiger partial charge in [-0.05, 0) is 69.6 Å². The molecule has 2 aromatic heterocycles. The third kappa shape index (κ3) is 2.21. The number of hydrogen-bond donors (Lipinski definition) is 0. The standard InChI is InChI=1S/C24H20BF2NO2/c1-23(2)24(3,4)30-25(29-23)13-5-7-20-16(9-13)18-11-15(27)12-19-17-10-14(26)6-8-21(17)28(20)22(18)19/h5-12H,1-4H3. The van der Waals surface area contributed by atoms with Crippen molar-refractivity contribution in [3.63, 3.8) is 0 Å². The lowest BCUT2D eigenvalue weighted by Gasteiger charge is -2.32. The van der Waals surface area contributed by atoms with Gasteiger partial charge >= 0.3 is 7.12 Å². The summed E-state index contributed by atoms with van der Waals surface area (Å²) in [4.78, 5) is 0. The highest BCUT2D eigenvalue weighted by atomic mass is 19.1. The van der Waals surface area contributed by atoms with Crippen molar-refractivity contribution in [1.82, 2.24) is 4.40 Å². The van der Waals surface area contributed by atoms with Gasteiger partial charge in [0.2, 0.25) is 0 Å². The molecule has 1 fully saturated rings. The molecule has 30 heavy (non-hydrogen) atoms. The molecule has 0 saturated carbocycles. The molecule has 3 aromatic carbocycles. The van der Waals surface area contributed by atoms with E-state index >= 15 is 0 Å². The van der Waals surface area contributed by atoms with Gasteiger partial charge in [0.25, 0.3) is 0 Å². The Kier molecular flexibility index (Phi) is 3.32. The number of hydrogen-bond acceptors (Lipinski definition) is 2. The van der Waals surface area contributed by atoms with Gasteiger partial charge in [0.15, 0.2) is 0 Å². The monoisotopic (exact) mass is 403 g/mol. The van der Waals surface area contributed by atoms with Gasteiger partial charge in [-0.3, -0.25) is 0 Å². The van der Waals surface area contributed by atoms with Crippen LogP contribution < -0.4 is 5.46 Å². The van der Waals surface area contributed by atoms with Crippen molar-refractivity contribution in [2.75, 3.05) is 0 Å². The number of nitrogens with zero attached hydrogens (tertiary/aromatic N) is 1. The molecule has 0 amide bonds.